The van der Waals surface area contributed by atoms with E-state index in [0.29, 0.717) is 0 Å². The lowest BCUT2D eigenvalue weighted by Gasteiger charge is -2.22. The molecule has 10 heavy (non-hydrogen) atoms. The molecule has 2 nitrogen and oxygen atoms in total. The van der Waals surface area contributed by atoms with Gasteiger partial charge >= 0.3 is 0 Å². The molecule has 0 aromatic carbocycles. The molecule has 4 N–H and O–H groups in total. The molecule has 2 heteroatoms. The van der Waals surface area contributed by atoms with E-state index in [2.05, 4.69) is 0 Å². The van der Waals surface area contributed by atoms with Crippen molar-refractivity contribution < 1.29 is 0 Å². The maximum absolute atomic E-state index is 6.19. The third kappa shape index (κ3) is 0.372. The molecule has 0 spiro atoms. The van der Waals surface area contributed by atoms with E-state index in [1.165, 1.54) is 19.3 Å². The van der Waals surface area contributed by atoms with Gasteiger partial charge in [-0.15, -0.1) is 0 Å². The van der Waals surface area contributed by atoms with Gasteiger partial charge in [0.15, 0.2) is 0 Å². The van der Waals surface area contributed by atoms with Crippen LogP contribution >= 0.6 is 0 Å². The number of nitrogens with two attached hydrogens (primary N) is 2. The molecular formula is C8H14N2. The summed E-state index contributed by atoms with van der Waals surface area (Å²) in [6, 6.07) is 0. The van der Waals surface area contributed by atoms with Gasteiger partial charge in [-0.05, 0) is 37.5 Å². The van der Waals surface area contributed by atoms with Gasteiger partial charge in [-0.1, -0.05) is 0 Å². The Labute approximate surface area is 61.0 Å². The number of hydrogen-bond acceptors (Lipinski definition) is 2. The monoisotopic (exact) mass is 138 g/mol. The summed E-state index contributed by atoms with van der Waals surface area (Å²) in [7, 11) is 0. The SMILES string of the molecule is NC12CC3CC1CC3(N)C2. The quantitative estimate of drug-likeness (QED) is 0.503. The van der Waals surface area contributed by atoms with Crippen LogP contribution in [0.3, 0.4) is 0 Å². The van der Waals surface area contributed by atoms with Crippen LogP contribution < -0.4 is 11.5 Å². The van der Waals surface area contributed by atoms with E-state index in [0.717, 1.165) is 18.3 Å². The lowest BCUT2D eigenvalue weighted by molar-refractivity contribution is 0.370. The second-order valence-electron chi connectivity index (χ2n) is 4.68. The molecule has 4 atom stereocenters. The molecule has 0 aliphatic heterocycles. The minimum Gasteiger partial charge on any atom is -0.325 e. The number of rotatable bonds is 0. The van der Waals surface area contributed by atoms with Crippen molar-refractivity contribution in [3.8, 4) is 0 Å². The fourth-order valence-electron chi connectivity index (χ4n) is 3.68. The first-order valence-corrected chi connectivity index (χ1v) is 4.20. The third-order valence-electron chi connectivity index (χ3n) is 4.11. The highest BCUT2D eigenvalue weighted by molar-refractivity contribution is 5.25. The average molecular weight is 138 g/mol. The van der Waals surface area contributed by atoms with E-state index in [1.54, 1.807) is 0 Å². The third-order valence-corrected chi connectivity index (χ3v) is 4.11. The fraction of sp³-hybridized carbons (Fsp3) is 1.00. The predicted molar refractivity (Wildman–Crippen MR) is 39.3 cm³/mol. The zero-order valence-corrected chi connectivity index (χ0v) is 6.14. The highest BCUT2D eigenvalue weighted by Gasteiger charge is 2.67. The van der Waals surface area contributed by atoms with Gasteiger partial charge in [-0.3, -0.25) is 0 Å². The van der Waals surface area contributed by atoms with Crippen molar-refractivity contribution in [3.05, 3.63) is 0 Å². The molecule has 0 aromatic rings. The molecule has 0 aromatic heterocycles. The van der Waals surface area contributed by atoms with E-state index in [4.69, 9.17) is 11.5 Å². The molecule has 4 unspecified atom stereocenters. The van der Waals surface area contributed by atoms with Crippen molar-refractivity contribution in [1.82, 2.24) is 0 Å². The summed E-state index contributed by atoms with van der Waals surface area (Å²) in [6.07, 6.45) is 4.87. The Hall–Kier alpha value is -0.0800. The zero-order valence-electron chi connectivity index (χ0n) is 6.14. The predicted octanol–water partition coefficient (Wildman–Crippen LogP) is 0.215. The van der Waals surface area contributed by atoms with Gasteiger partial charge < -0.3 is 11.5 Å². The first-order valence-electron chi connectivity index (χ1n) is 4.20. The molecule has 4 saturated carbocycles. The van der Waals surface area contributed by atoms with Gasteiger partial charge in [-0.25, -0.2) is 0 Å². The molecule has 0 saturated heterocycles. The number of hydrogen-bond donors (Lipinski definition) is 2. The van der Waals surface area contributed by atoms with E-state index in [1.807, 2.05) is 0 Å². The summed E-state index contributed by atoms with van der Waals surface area (Å²) in [4.78, 5) is 0. The molecule has 4 fully saturated rings. The largest absolute Gasteiger partial charge is 0.325 e. The van der Waals surface area contributed by atoms with Gasteiger partial charge in [0.1, 0.15) is 0 Å². The lowest BCUT2D eigenvalue weighted by atomic mass is 9.92. The second kappa shape index (κ2) is 1.16. The van der Waals surface area contributed by atoms with Gasteiger partial charge in [-0.2, -0.15) is 0 Å². The van der Waals surface area contributed by atoms with Crippen LogP contribution in [0.1, 0.15) is 25.7 Å². The van der Waals surface area contributed by atoms with Crippen LogP contribution in [0.15, 0.2) is 0 Å². The van der Waals surface area contributed by atoms with Crippen molar-refractivity contribution in [2.24, 2.45) is 23.3 Å². The lowest BCUT2D eigenvalue weighted by Crippen LogP contribution is -2.40. The van der Waals surface area contributed by atoms with Crippen LogP contribution in [0, 0.1) is 11.8 Å². The van der Waals surface area contributed by atoms with Crippen LogP contribution in [0.5, 0.6) is 0 Å². The maximum Gasteiger partial charge on any atom is 0.0204 e. The first kappa shape index (κ1) is 5.56. The van der Waals surface area contributed by atoms with E-state index < -0.39 is 0 Å². The Morgan fingerprint density at radius 1 is 1.00 bits per heavy atom. The summed E-state index contributed by atoms with van der Waals surface area (Å²) >= 11 is 0. The van der Waals surface area contributed by atoms with Crippen molar-refractivity contribution in [2.75, 3.05) is 0 Å². The van der Waals surface area contributed by atoms with Crippen molar-refractivity contribution >= 4 is 0 Å². The molecule has 0 heterocycles. The highest BCUT2D eigenvalue weighted by Crippen LogP contribution is 2.64. The Morgan fingerprint density at radius 3 is 1.60 bits per heavy atom. The maximum atomic E-state index is 6.19. The molecule has 0 amide bonds. The summed E-state index contributed by atoms with van der Waals surface area (Å²) in [5, 5.41) is 0. The van der Waals surface area contributed by atoms with Gasteiger partial charge in [0.2, 0.25) is 0 Å². The topological polar surface area (TPSA) is 52.0 Å². The van der Waals surface area contributed by atoms with E-state index >= 15 is 0 Å². The normalized spacial score (nSPS) is 70.2. The summed E-state index contributed by atoms with van der Waals surface area (Å²) in [5.74, 6) is 1.56. The molecule has 0 radical (unpaired) electrons. The fourth-order valence-corrected chi connectivity index (χ4v) is 3.68. The van der Waals surface area contributed by atoms with Crippen LogP contribution in [0.25, 0.3) is 0 Å². The Morgan fingerprint density at radius 2 is 1.50 bits per heavy atom. The van der Waals surface area contributed by atoms with Crippen molar-refractivity contribution in [3.63, 3.8) is 0 Å². The average Bonchev–Trinajstić information content (AvgIpc) is 2.27. The molecular weight excluding hydrogens is 124 g/mol. The van der Waals surface area contributed by atoms with Crippen molar-refractivity contribution in [2.45, 2.75) is 36.8 Å². The van der Waals surface area contributed by atoms with E-state index in [9.17, 15) is 0 Å². The first-order chi connectivity index (χ1) is 4.62. The van der Waals surface area contributed by atoms with Gasteiger partial charge in [0.25, 0.3) is 0 Å². The Balaban J connectivity index is 2.15. The molecule has 4 bridgehead atoms. The van der Waals surface area contributed by atoms with Crippen LogP contribution in [0.2, 0.25) is 0 Å². The van der Waals surface area contributed by atoms with Crippen LogP contribution in [-0.4, -0.2) is 11.1 Å². The summed E-state index contributed by atoms with van der Waals surface area (Å²) in [6.45, 7) is 0. The molecule has 4 rings (SSSR count). The minimum atomic E-state index is 0.180. The zero-order chi connectivity index (χ0) is 6.98. The van der Waals surface area contributed by atoms with E-state index in [-0.39, 0.29) is 11.1 Å². The summed E-state index contributed by atoms with van der Waals surface area (Å²) in [5.41, 5.74) is 12.7. The highest BCUT2D eigenvalue weighted by atomic mass is 15.0. The smallest absolute Gasteiger partial charge is 0.0204 e. The molecule has 4 aliphatic rings. The minimum absolute atomic E-state index is 0.180. The standard InChI is InChI=1S/C8H14N2/c9-7-2-5-1-6(7)3-8(5,10)4-7/h5-6H,1-4,9-10H2. The second-order valence-corrected chi connectivity index (χ2v) is 4.68. The molecule has 56 valence electrons. The van der Waals surface area contributed by atoms with Crippen LogP contribution in [-0.2, 0) is 0 Å². The Kier molecular flexibility index (Phi) is 0.647. The van der Waals surface area contributed by atoms with Gasteiger partial charge in [0, 0.05) is 11.1 Å². The van der Waals surface area contributed by atoms with Crippen LogP contribution in [0.4, 0.5) is 0 Å². The summed E-state index contributed by atoms with van der Waals surface area (Å²) < 4.78 is 0. The van der Waals surface area contributed by atoms with Gasteiger partial charge in [0.05, 0.1) is 0 Å². The molecule has 4 aliphatic carbocycles. The Bertz CT molecular complexity index is 183. The van der Waals surface area contributed by atoms with Crippen molar-refractivity contribution in [1.29, 1.82) is 0 Å².